The number of rotatable bonds is 12. The van der Waals surface area contributed by atoms with Crippen molar-refractivity contribution in [1.82, 2.24) is 0 Å². The van der Waals surface area contributed by atoms with E-state index < -0.39 is 5.97 Å². The molecule has 5 heteroatoms. The molecule has 0 saturated carbocycles. The molecule has 0 aromatic rings. The molecule has 0 amide bonds. The second-order valence-electron chi connectivity index (χ2n) is 7.44. The zero-order valence-electron chi connectivity index (χ0n) is 15.9. The number of hydrogen-bond donors (Lipinski definition) is 2. The van der Waals surface area contributed by atoms with E-state index in [1.54, 1.807) is 0 Å². The standard InChI is InChI=1S/C21H34O5/c1-2-3-6-9-17(22)13-12-16-14-21-25-15-19(26-21)18(16)10-7-4-5-8-11-20(23)24/h4,7,12-13,16-19,21-22H,2-3,5-6,8-11,14-15H2,1H3,(H,23,24)/b7-4+,13-12+. The Morgan fingerprint density at radius 1 is 1.27 bits per heavy atom. The number of fused-ring (bicyclic) bond motifs is 2. The molecular formula is C21H34O5. The minimum Gasteiger partial charge on any atom is -0.481 e. The average Bonchev–Trinajstić information content (AvgIpc) is 3.00. The van der Waals surface area contributed by atoms with Crippen molar-refractivity contribution in [3.05, 3.63) is 24.3 Å². The smallest absolute Gasteiger partial charge is 0.303 e. The summed E-state index contributed by atoms with van der Waals surface area (Å²) >= 11 is 0. The van der Waals surface area contributed by atoms with Crippen molar-refractivity contribution < 1.29 is 24.5 Å². The Balaban J connectivity index is 1.82. The van der Waals surface area contributed by atoms with Gasteiger partial charge in [-0.15, -0.1) is 0 Å². The van der Waals surface area contributed by atoms with E-state index in [9.17, 15) is 9.90 Å². The molecule has 0 aliphatic carbocycles. The van der Waals surface area contributed by atoms with Gasteiger partial charge in [-0.05, 0) is 37.5 Å². The first-order valence-corrected chi connectivity index (χ1v) is 10.1. The molecule has 0 spiro atoms. The molecule has 2 rings (SSSR count). The largest absolute Gasteiger partial charge is 0.481 e. The van der Waals surface area contributed by atoms with Crippen molar-refractivity contribution in [1.29, 1.82) is 0 Å². The predicted molar refractivity (Wildman–Crippen MR) is 101 cm³/mol. The Kier molecular flexibility index (Phi) is 9.37. The third kappa shape index (κ3) is 7.22. The molecule has 5 unspecified atom stereocenters. The summed E-state index contributed by atoms with van der Waals surface area (Å²) < 4.78 is 11.6. The van der Waals surface area contributed by atoms with Crippen molar-refractivity contribution in [2.45, 2.75) is 83.2 Å². The topological polar surface area (TPSA) is 76.0 Å². The fourth-order valence-electron chi connectivity index (χ4n) is 3.76. The average molecular weight is 366 g/mol. The molecule has 2 bridgehead atoms. The van der Waals surface area contributed by atoms with Gasteiger partial charge in [-0.25, -0.2) is 0 Å². The van der Waals surface area contributed by atoms with Crippen LogP contribution < -0.4 is 0 Å². The van der Waals surface area contributed by atoms with Crippen molar-refractivity contribution in [2.24, 2.45) is 11.8 Å². The number of aliphatic hydroxyl groups excluding tert-OH is 1. The number of carbonyl (C=O) groups is 1. The number of unbranched alkanes of at least 4 members (excludes halogenated alkanes) is 3. The number of allylic oxidation sites excluding steroid dienone is 3. The number of ether oxygens (including phenoxy) is 2. The van der Waals surface area contributed by atoms with Gasteiger partial charge in [0.05, 0.1) is 18.8 Å². The van der Waals surface area contributed by atoms with Crippen LogP contribution in [0.15, 0.2) is 24.3 Å². The van der Waals surface area contributed by atoms with E-state index in [4.69, 9.17) is 14.6 Å². The highest BCUT2D eigenvalue weighted by atomic mass is 16.7. The molecule has 0 radical (unpaired) electrons. The zero-order valence-corrected chi connectivity index (χ0v) is 15.9. The van der Waals surface area contributed by atoms with Crippen LogP contribution >= 0.6 is 0 Å². The number of aliphatic hydroxyl groups is 1. The van der Waals surface area contributed by atoms with Gasteiger partial charge in [0.2, 0.25) is 0 Å². The van der Waals surface area contributed by atoms with Crippen LogP contribution in [0, 0.1) is 11.8 Å². The number of carboxylic acids is 1. The first kappa shape index (κ1) is 21.1. The molecule has 5 nitrogen and oxygen atoms in total. The van der Waals surface area contributed by atoms with Crippen molar-refractivity contribution in [2.75, 3.05) is 6.61 Å². The van der Waals surface area contributed by atoms with Crippen molar-refractivity contribution >= 4 is 5.97 Å². The predicted octanol–water partition coefficient (Wildman–Crippen LogP) is 4.06. The number of hydrogen-bond acceptors (Lipinski definition) is 4. The van der Waals surface area contributed by atoms with E-state index >= 15 is 0 Å². The van der Waals surface area contributed by atoms with Gasteiger partial charge >= 0.3 is 5.97 Å². The zero-order chi connectivity index (χ0) is 18.8. The molecule has 0 aromatic carbocycles. The van der Waals surface area contributed by atoms with Gasteiger partial charge in [0.15, 0.2) is 6.29 Å². The molecule has 0 aromatic heterocycles. The van der Waals surface area contributed by atoms with E-state index in [1.165, 1.54) is 0 Å². The van der Waals surface area contributed by atoms with E-state index in [0.717, 1.165) is 44.9 Å². The van der Waals surface area contributed by atoms with Gasteiger partial charge in [-0.2, -0.15) is 0 Å². The minimum atomic E-state index is -0.740. The lowest BCUT2D eigenvalue weighted by molar-refractivity contribution is -0.137. The molecule has 26 heavy (non-hydrogen) atoms. The number of carboxylic acid groups (broad SMARTS) is 1. The lowest BCUT2D eigenvalue weighted by atomic mass is 9.81. The van der Waals surface area contributed by atoms with E-state index in [2.05, 4.69) is 25.2 Å². The third-order valence-corrected chi connectivity index (χ3v) is 5.29. The van der Waals surface area contributed by atoms with Crippen LogP contribution in [0.1, 0.15) is 64.7 Å². The monoisotopic (exact) mass is 366 g/mol. The summed E-state index contributed by atoms with van der Waals surface area (Å²) in [5.41, 5.74) is 0. The molecular weight excluding hydrogens is 332 g/mol. The van der Waals surface area contributed by atoms with Crippen LogP contribution in [0.4, 0.5) is 0 Å². The summed E-state index contributed by atoms with van der Waals surface area (Å²) in [4.78, 5) is 10.5. The van der Waals surface area contributed by atoms with Gasteiger partial charge in [0, 0.05) is 12.8 Å². The highest BCUT2D eigenvalue weighted by molar-refractivity contribution is 5.66. The molecule has 2 saturated heterocycles. The molecule has 2 aliphatic rings. The van der Waals surface area contributed by atoms with Gasteiger partial charge in [-0.3, -0.25) is 4.79 Å². The third-order valence-electron chi connectivity index (χ3n) is 5.29. The fourth-order valence-corrected chi connectivity index (χ4v) is 3.76. The van der Waals surface area contributed by atoms with Crippen LogP contribution in [0.2, 0.25) is 0 Å². The van der Waals surface area contributed by atoms with Crippen LogP contribution in [0.5, 0.6) is 0 Å². The second-order valence-corrected chi connectivity index (χ2v) is 7.44. The first-order valence-electron chi connectivity index (χ1n) is 10.1. The highest BCUT2D eigenvalue weighted by Gasteiger charge is 2.42. The first-order chi connectivity index (χ1) is 12.6. The molecule has 5 atom stereocenters. The Hall–Kier alpha value is -1.17. The summed E-state index contributed by atoms with van der Waals surface area (Å²) in [5, 5.41) is 18.8. The van der Waals surface area contributed by atoms with Gasteiger partial charge in [0.25, 0.3) is 0 Å². The van der Waals surface area contributed by atoms with Crippen LogP contribution in [0.3, 0.4) is 0 Å². The van der Waals surface area contributed by atoms with E-state index in [0.29, 0.717) is 24.9 Å². The van der Waals surface area contributed by atoms with Gasteiger partial charge in [-0.1, -0.05) is 50.5 Å². The molecule has 2 N–H and O–H groups in total. The Morgan fingerprint density at radius 3 is 2.88 bits per heavy atom. The quantitative estimate of drug-likeness (QED) is 0.402. The molecule has 2 fully saturated rings. The number of aliphatic carboxylic acids is 1. The molecule has 148 valence electrons. The van der Waals surface area contributed by atoms with Crippen molar-refractivity contribution in [3.8, 4) is 0 Å². The van der Waals surface area contributed by atoms with Crippen LogP contribution in [-0.4, -0.2) is 41.3 Å². The Bertz CT molecular complexity index is 473. The minimum absolute atomic E-state index is 0.109. The van der Waals surface area contributed by atoms with E-state index in [1.807, 2.05) is 6.08 Å². The highest BCUT2D eigenvalue weighted by Crippen LogP contribution is 2.39. The maximum atomic E-state index is 10.5. The maximum absolute atomic E-state index is 10.5. The molecule has 2 aliphatic heterocycles. The normalized spacial score (nSPS) is 29.6. The maximum Gasteiger partial charge on any atom is 0.303 e. The summed E-state index contributed by atoms with van der Waals surface area (Å²) in [6, 6.07) is 0. The Labute approximate surface area is 157 Å². The summed E-state index contributed by atoms with van der Waals surface area (Å²) in [7, 11) is 0. The lowest BCUT2D eigenvalue weighted by Gasteiger charge is -2.33. The Morgan fingerprint density at radius 2 is 2.12 bits per heavy atom. The SMILES string of the molecule is CCCCCC(O)/C=C/C1CC2OCC(O2)C1C/C=C/CCCC(=O)O. The van der Waals surface area contributed by atoms with Crippen LogP contribution in [-0.2, 0) is 14.3 Å². The summed E-state index contributed by atoms with van der Waals surface area (Å²) in [6.45, 7) is 2.81. The second kappa shape index (κ2) is 11.5. The summed E-state index contributed by atoms with van der Waals surface area (Å²) in [5.74, 6) is -0.0368. The van der Waals surface area contributed by atoms with Gasteiger partial charge in [0.1, 0.15) is 0 Å². The lowest BCUT2D eigenvalue weighted by Crippen LogP contribution is -2.35. The summed E-state index contributed by atoms with van der Waals surface area (Å²) in [6.07, 6.45) is 15.6. The molecule has 2 heterocycles. The van der Waals surface area contributed by atoms with Crippen LogP contribution in [0.25, 0.3) is 0 Å². The van der Waals surface area contributed by atoms with Crippen molar-refractivity contribution in [3.63, 3.8) is 0 Å². The fraction of sp³-hybridized carbons (Fsp3) is 0.762. The van der Waals surface area contributed by atoms with Gasteiger partial charge < -0.3 is 19.7 Å². The van der Waals surface area contributed by atoms with E-state index in [-0.39, 0.29) is 24.9 Å².